The number of benzene rings is 2. The van der Waals surface area contributed by atoms with Crippen LogP contribution in [0.4, 0.5) is 38.7 Å². The van der Waals surface area contributed by atoms with Crippen LogP contribution in [0.25, 0.3) is 22.4 Å². The third-order valence-electron chi connectivity index (χ3n) is 10.8. The summed E-state index contributed by atoms with van der Waals surface area (Å²) in [6.07, 6.45) is 0.933. The lowest BCUT2D eigenvalue weighted by Gasteiger charge is -2.47. The fourth-order valence-corrected chi connectivity index (χ4v) is 8.10. The van der Waals surface area contributed by atoms with Gasteiger partial charge in [0.25, 0.3) is 6.43 Å². The molecule has 0 bridgehead atoms. The lowest BCUT2D eigenvalue weighted by molar-refractivity contribution is -0.0657. The van der Waals surface area contributed by atoms with Gasteiger partial charge in [-0.3, -0.25) is 4.98 Å². The standard InChI is InChI=1S/C47H57BrF4N8O6/c1-45(2,3)65-43(62)60(44(63)66-46(4,5)6)42-38-41(54-28-55-42)59(29-56-38)26-31-21-35(32-22-34(50)37(23-33(32)49)64-20-13-8-7-12-18-48)53-25-36(31)58-19-14-17-47(27-58,39(61)40(51)52)57-24-30-15-10-9-11-16-30/h9-11,15-16,21-23,25,28-29,39-40,57,61H,7-8,12-14,17-20,24,26-27H2,1-6H3/t39-,47-/m1/s1. The van der Waals surface area contributed by atoms with Crippen LogP contribution < -0.4 is 19.9 Å². The molecule has 0 aliphatic carbocycles. The van der Waals surface area contributed by atoms with Gasteiger partial charge in [-0.05, 0) is 90.5 Å². The van der Waals surface area contributed by atoms with Gasteiger partial charge in [0.2, 0.25) is 0 Å². The molecule has 19 heteroatoms. The zero-order chi connectivity index (χ0) is 47.8. The number of nitrogens with one attached hydrogen (secondary N) is 1. The number of imide groups is 1. The number of fused-ring (bicyclic) bond motifs is 1. The normalized spacial score (nSPS) is 16.1. The van der Waals surface area contributed by atoms with E-state index >= 15 is 8.78 Å². The van der Waals surface area contributed by atoms with Crippen molar-refractivity contribution in [3.05, 3.63) is 90.1 Å². The summed E-state index contributed by atoms with van der Waals surface area (Å²) in [6.45, 7) is 10.5. The van der Waals surface area contributed by atoms with Gasteiger partial charge in [0.1, 0.15) is 29.5 Å². The van der Waals surface area contributed by atoms with Gasteiger partial charge in [0.15, 0.2) is 28.5 Å². The number of alkyl halides is 3. The average molecular weight is 986 g/mol. The molecule has 356 valence electrons. The highest BCUT2D eigenvalue weighted by Gasteiger charge is 2.46. The van der Waals surface area contributed by atoms with Crippen molar-refractivity contribution in [2.45, 2.75) is 122 Å². The topological polar surface area (TPSA) is 157 Å². The van der Waals surface area contributed by atoms with Crippen molar-refractivity contribution in [2.75, 3.05) is 34.8 Å². The Morgan fingerprint density at radius 1 is 0.924 bits per heavy atom. The number of imidazole rings is 1. The minimum absolute atomic E-state index is 0.0269. The van der Waals surface area contributed by atoms with Crippen LogP contribution in [0, 0.1) is 11.6 Å². The van der Waals surface area contributed by atoms with Crippen molar-refractivity contribution < 1.29 is 46.5 Å². The largest absolute Gasteiger partial charge is 0.490 e. The zero-order valence-electron chi connectivity index (χ0n) is 38.0. The quantitative estimate of drug-likeness (QED) is 0.0517. The molecule has 5 aromatic rings. The van der Waals surface area contributed by atoms with E-state index in [0.29, 0.717) is 35.5 Å². The molecule has 2 amide bonds. The summed E-state index contributed by atoms with van der Waals surface area (Å²) in [5.74, 6) is -2.02. The van der Waals surface area contributed by atoms with Crippen LogP contribution >= 0.6 is 15.9 Å². The van der Waals surface area contributed by atoms with Gasteiger partial charge in [-0.2, -0.15) is 4.90 Å². The first-order chi connectivity index (χ1) is 31.3. The Bertz CT molecular complexity index is 2420. The molecule has 0 unspecified atom stereocenters. The second-order valence-electron chi connectivity index (χ2n) is 18.3. The average Bonchev–Trinajstić information content (AvgIpc) is 3.67. The van der Waals surface area contributed by atoms with Gasteiger partial charge in [0, 0.05) is 36.6 Å². The number of carbonyl (C=O) groups excluding carboxylic acids is 2. The number of hydrogen-bond donors (Lipinski definition) is 2. The van der Waals surface area contributed by atoms with Crippen LogP contribution in [-0.4, -0.2) is 96.1 Å². The number of anilines is 2. The Kier molecular flexibility index (Phi) is 16.3. The number of unbranched alkanes of at least 4 members (excludes halogenated alkanes) is 3. The summed E-state index contributed by atoms with van der Waals surface area (Å²) < 4.78 is 79.0. The first kappa shape index (κ1) is 50.0. The number of piperidine rings is 1. The maximum Gasteiger partial charge on any atom is 0.425 e. The first-order valence-corrected chi connectivity index (χ1v) is 23.0. The first-order valence-electron chi connectivity index (χ1n) is 21.9. The van der Waals surface area contributed by atoms with Crippen LogP contribution in [0.2, 0.25) is 0 Å². The van der Waals surface area contributed by atoms with Crippen molar-refractivity contribution in [2.24, 2.45) is 0 Å². The van der Waals surface area contributed by atoms with Gasteiger partial charge < -0.3 is 34.1 Å². The molecule has 4 heterocycles. The maximum absolute atomic E-state index is 16.0. The highest BCUT2D eigenvalue weighted by Crippen LogP contribution is 2.37. The number of aliphatic hydroxyl groups excluding tert-OH is 1. The highest BCUT2D eigenvalue weighted by molar-refractivity contribution is 9.09. The molecule has 2 aromatic carbocycles. The Morgan fingerprint density at radius 2 is 1.62 bits per heavy atom. The van der Waals surface area contributed by atoms with E-state index in [1.165, 1.54) is 12.5 Å². The monoisotopic (exact) mass is 984 g/mol. The predicted octanol–water partition coefficient (Wildman–Crippen LogP) is 9.98. The van der Waals surface area contributed by atoms with E-state index < -0.39 is 53.1 Å². The molecular formula is C47H57BrF4N8O6. The summed E-state index contributed by atoms with van der Waals surface area (Å²) in [4.78, 5) is 47.5. The van der Waals surface area contributed by atoms with Crippen LogP contribution in [0.1, 0.15) is 91.2 Å². The minimum atomic E-state index is -3.07. The maximum atomic E-state index is 16.0. The minimum Gasteiger partial charge on any atom is -0.490 e. The molecule has 6 rings (SSSR count). The fourth-order valence-electron chi connectivity index (χ4n) is 7.71. The number of carbonyl (C=O) groups is 2. The summed E-state index contributed by atoms with van der Waals surface area (Å²) in [6, 6.07) is 12.8. The Balaban J connectivity index is 1.42. The van der Waals surface area contributed by atoms with E-state index in [9.17, 15) is 23.5 Å². The van der Waals surface area contributed by atoms with Crippen molar-refractivity contribution in [1.29, 1.82) is 0 Å². The second kappa shape index (κ2) is 21.5. The second-order valence-corrected chi connectivity index (χ2v) is 19.0. The number of aromatic nitrogens is 5. The summed E-state index contributed by atoms with van der Waals surface area (Å²) in [5, 5.41) is 15.3. The molecule has 0 spiro atoms. The fraction of sp³-hybridized carbons (Fsp3) is 0.489. The highest BCUT2D eigenvalue weighted by atomic mass is 79.9. The number of pyridine rings is 1. The zero-order valence-corrected chi connectivity index (χ0v) is 39.6. The van der Waals surface area contributed by atoms with E-state index in [-0.39, 0.29) is 66.7 Å². The van der Waals surface area contributed by atoms with Gasteiger partial charge in [-0.1, -0.05) is 59.1 Å². The number of nitrogens with zero attached hydrogens (tertiary/aromatic N) is 7. The molecule has 2 N–H and O–H groups in total. The van der Waals surface area contributed by atoms with Crippen molar-refractivity contribution in [3.63, 3.8) is 0 Å². The number of aliphatic hydroxyl groups is 1. The molecule has 0 saturated carbocycles. The smallest absolute Gasteiger partial charge is 0.425 e. The molecule has 14 nitrogen and oxygen atoms in total. The summed E-state index contributed by atoms with van der Waals surface area (Å²) in [7, 11) is 0. The van der Waals surface area contributed by atoms with Crippen LogP contribution in [0.3, 0.4) is 0 Å². The lowest BCUT2D eigenvalue weighted by atomic mass is 9.82. The van der Waals surface area contributed by atoms with E-state index in [1.807, 2.05) is 35.2 Å². The molecular weight excluding hydrogens is 928 g/mol. The van der Waals surface area contributed by atoms with Gasteiger partial charge in [0.05, 0.1) is 42.6 Å². The van der Waals surface area contributed by atoms with Crippen molar-refractivity contribution in [1.82, 2.24) is 29.8 Å². The van der Waals surface area contributed by atoms with Gasteiger partial charge in [-0.25, -0.2) is 42.1 Å². The Morgan fingerprint density at radius 3 is 2.29 bits per heavy atom. The number of rotatable bonds is 17. The van der Waals surface area contributed by atoms with E-state index in [1.54, 1.807) is 52.2 Å². The van der Waals surface area contributed by atoms with Gasteiger partial charge >= 0.3 is 12.2 Å². The molecule has 3 aromatic heterocycles. The van der Waals surface area contributed by atoms with E-state index in [2.05, 4.69) is 41.2 Å². The third-order valence-corrected chi connectivity index (χ3v) is 11.4. The molecule has 1 saturated heterocycles. The van der Waals surface area contributed by atoms with Crippen LogP contribution in [-0.2, 0) is 22.6 Å². The Labute approximate surface area is 390 Å². The SMILES string of the molecule is CC(C)(C)OC(=O)N(C(=O)OC(C)(C)C)c1ncnc2c1ncn2Cc1cc(-c2cc(F)c(OCCCCCCBr)cc2F)ncc1N1CCC[C@](NCc2ccccc2)([C@H](O)C(F)F)C1. The van der Waals surface area contributed by atoms with E-state index in [0.717, 1.165) is 48.6 Å². The van der Waals surface area contributed by atoms with Crippen molar-refractivity contribution in [3.8, 4) is 17.0 Å². The van der Waals surface area contributed by atoms with Crippen LogP contribution in [0.15, 0.2) is 67.4 Å². The molecule has 1 aliphatic rings. The van der Waals surface area contributed by atoms with Gasteiger partial charge in [-0.15, -0.1) is 0 Å². The molecule has 1 aliphatic heterocycles. The summed E-state index contributed by atoms with van der Waals surface area (Å²) in [5.41, 5.74) is -1.62. The molecule has 0 radical (unpaired) electrons. The van der Waals surface area contributed by atoms with Crippen molar-refractivity contribution >= 4 is 50.8 Å². The number of hydrogen-bond acceptors (Lipinski definition) is 12. The third kappa shape index (κ3) is 12.5. The Hall–Kier alpha value is -5.40. The summed E-state index contributed by atoms with van der Waals surface area (Å²) >= 11 is 3.40. The number of halogens is 5. The molecule has 2 atom stereocenters. The number of amides is 2. The molecule has 66 heavy (non-hydrogen) atoms. The molecule has 1 fully saturated rings. The van der Waals surface area contributed by atoms with E-state index in [4.69, 9.17) is 14.2 Å². The number of ether oxygens (including phenoxy) is 3. The lowest BCUT2D eigenvalue weighted by Crippen LogP contribution is -2.65. The predicted molar refractivity (Wildman–Crippen MR) is 246 cm³/mol. The van der Waals surface area contributed by atoms with Crippen LogP contribution in [0.5, 0.6) is 5.75 Å².